The molecule has 9 heteroatoms. The average molecular weight is 553 g/mol. The molecule has 1 aliphatic rings. The average Bonchev–Trinajstić information content (AvgIpc) is 3.57. The fourth-order valence-corrected chi connectivity index (χ4v) is 6.53. The number of hydrogen-bond donors (Lipinski definition) is 2. The van der Waals surface area contributed by atoms with Crippen LogP contribution in [0.3, 0.4) is 0 Å². The first-order chi connectivity index (χ1) is 19.5. The lowest BCUT2D eigenvalue weighted by molar-refractivity contribution is 0.0992. The van der Waals surface area contributed by atoms with Crippen molar-refractivity contribution in [2.75, 3.05) is 18.4 Å². The van der Waals surface area contributed by atoms with E-state index in [4.69, 9.17) is 4.98 Å². The van der Waals surface area contributed by atoms with E-state index >= 15 is 0 Å². The van der Waals surface area contributed by atoms with Crippen molar-refractivity contribution in [1.29, 1.82) is 0 Å². The molecule has 0 fully saturated rings. The zero-order valence-electron chi connectivity index (χ0n) is 22.7. The number of aromatic nitrogens is 4. The maximum Gasteiger partial charge on any atom is 0.276 e. The minimum atomic E-state index is -0.371. The zero-order valence-corrected chi connectivity index (χ0v) is 23.6. The molecule has 6 rings (SSSR count). The van der Waals surface area contributed by atoms with Gasteiger partial charge in [0, 0.05) is 48.1 Å². The number of fused-ring (bicyclic) bond motifs is 3. The summed E-state index contributed by atoms with van der Waals surface area (Å²) >= 11 is 1.66. The number of H-pyrrole nitrogens is 1. The Morgan fingerprint density at radius 3 is 2.73 bits per heavy atom. The van der Waals surface area contributed by atoms with E-state index in [0.717, 1.165) is 53.4 Å². The number of aromatic amines is 1. The van der Waals surface area contributed by atoms with E-state index in [9.17, 15) is 9.59 Å². The van der Waals surface area contributed by atoms with Crippen LogP contribution < -0.4 is 5.32 Å². The topological polar surface area (TPSA) is 104 Å². The second-order valence-corrected chi connectivity index (χ2v) is 11.6. The van der Waals surface area contributed by atoms with Crippen LogP contribution in [0.15, 0.2) is 54.7 Å². The summed E-state index contributed by atoms with van der Waals surface area (Å²) in [6, 6.07) is 15.0. The second kappa shape index (κ2) is 11.3. The van der Waals surface area contributed by atoms with E-state index in [0.29, 0.717) is 22.3 Å². The van der Waals surface area contributed by atoms with Gasteiger partial charge in [-0.1, -0.05) is 57.0 Å². The molecule has 0 saturated carbocycles. The Hall–Kier alpha value is -3.95. The van der Waals surface area contributed by atoms with Crippen LogP contribution >= 0.6 is 11.3 Å². The van der Waals surface area contributed by atoms with Gasteiger partial charge in [0.1, 0.15) is 16.2 Å². The number of carbonyl (C=O) groups excluding carboxylic acids is 2. The van der Waals surface area contributed by atoms with Crippen molar-refractivity contribution in [3.8, 4) is 0 Å². The number of amides is 1. The third-order valence-electron chi connectivity index (χ3n) is 7.75. The van der Waals surface area contributed by atoms with Crippen molar-refractivity contribution < 1.29 is 9.59 Å². The van der Waals surface area contributed by atoms with Gasteiger partial charge >= 0.3 is 0 Å². The molecule has 1 amide bonds. The number of ketones is 1. The molecule has 4 heterocycles. The lowest BCUT2D eigenvalue weighted by Gasteiger charge is -2.29. The predicted octanol–water partition coefficient (Wildman–Crippen LogP) is 6.04. The molecule has 40 heavy (non-hydrogen) atoms. The molecule has 0 unspecified atom stereocenters. The zero-order chi connectivity index (χ0) is 27.6. The minimum absolute atomic E-state index is 0.0360. The highest BCUT2D eigenvalue weighted by Crippen LogP contribution is 2.28. The van der Waals surface area contributed by atoms with Crippen LogP contribution in [0.25, 0.3) is 21.8 Å². The monoisotopic (exact) mass is 552 g/mol. The SMILES string of the molecule is CCC(CC)CN1CCc2nc(CC(=O)c3cccc4[nH]c(NC(=O)c5cc6ccccc6cn5)nc34)sc2C1. The van der Waals surface area contributed by atoms with Crippen molar-refractivity contribution in [2.45, 2.75) is 46.1 Å². The summed E-state index contributed by atoms with van der Waals surface area (Å²) in [6.45, 7) is 7.59. The van der Waals surface area contributed by atoms with Gasteiger partial charge in [0.15, 0.2) is 5.78 Å². The maximum absolute atomic E-state index is 13.4. The van der Waals surface area contributed by atoms with Crippen LogP contribution in [0.1, 0.15) is 63.1 Å². The molecule has 0 atom stereocenters. The molecular formula is C31H32N6O2S. The Bertz CT molecular complexity index is 1700. The molecule has 2 aromatic carbocycles. The third kappa shape index (κ3) is 5.39. The first-order valence-electron chi connectivity index (χ1n) is 13.9. The van der Waals surface area contributed by atoms with Crippen molar-refractivity contribution in [1.82, 2.24) is 24.8 Å². The van der Waals surface area contributed by atoms with Crippen LogP contribution in [0, 0.1) is 5.92 Å². The number of thiazole rings is 1. The van der Waals surface area contributed by atoms with Crippen molar-refractivity contribution >= 4 is 50.8 Å². The van der Waals surface area contributed by atoms with Gasteiger partial charge in [0.05, 0.1) is 17.6 Å². The summed E-state index contributed by atoms with van der Waals surface area (Å²) in [5, 5.41) is 5.54. The van der Waals surface area contributed by atoms with Gasteiger partial charge in [0.2, 0.25) is 5.95 Å². The van der Waals surface area contributed by atoms with Gasteiger partial charge in [-0.15, -0.1) is 11.3 Å². The highest BCUT2D eigenvalue weighted by Gasteiger charge is 2.24. The Labute approximate surface area is 236 Å². The van der Waals surface area contributed by atoms with Crippen LogP contribution in [-0.4, -0.2) is 49.6 Å². The number of benzene rings is 2. The molecule has 204 valence electrons. The number of carbonyl (C=O) groups is 2. The summed E-state index contributed by atoms with van der Waals surface area (Å²) in [4.78, 5) is 46.9. The molecule has 0 bridgehead atoms. The lowest BCUT2D eigenvalue weighted by atomic mass is 10.0. The summed E-state index contributed by atoms with van der Waals surface area (Å²) < 4.78 is 0. The Balaban J connectivity index is 1.16. The van der Waals surface area contributed by atoms with E-state index < -0.39 is 0 Å². The lowest BCUT2D eigenvalue weighted by Crippen LogP contribution is -2.33. The number of nitrogens with one attached hydrogen (secondary N) is 2. The molecule has 8 nitrogen and oxygen atoms in total. The molecule has 1 aliphatic heterocycles. The first-order valence-corrected chi connectivity index (χ1v) is 14.7. The number of Topliss-reactive ketones (excluding diaryl/α,β-unsaturated/α-hetero) is 1. The quantitative estimate of drug-likeness (QED) is 0.216. The molecule has 0 saturated heterocycles. The minimum Gasteiger partial charge on any atom is -0.324 e. The molecule has 0 aliphatic carbocycles. The van der Waals surface area contributed by atoms with Gasteiger partial charge in [-0.05, 0) is 29.5 Å². The first kappa shape index (κ1) is 26.3. The molecule has 3 aromatic heterocycles. The molecule has 0 radical (unpaired) electrons. The molecule has 2 N–H and O–H groups in total. The van der Waals surface area contributed by atoms with Gasteiger partial charge in [-0.3, -0.25) is 24.8 Å². The van der Waals surface area contributed by atoms with E-state index in [1.54, 1.807) is 29.7 Å². The van der Waals surface area contributed by atoms with Gasteiger partial charge < -0.3 is 4.98 Å². The number of anilines is 1. The van der Waals surface area contributed by atoms with E-state index in [1.807, 2.05) is 36.4 Å². The number of para-hydroxylation sites is 1. The summed E-state index contributed by atoms with van der Waals surface area (Å²) in [7, 11) is 0. The third-order valence-corrected chi connectivity index (χ3v) is 8.83. The highest BCUT2D eigenvalue weighted by molar-refractivity contribution is 7.11. The number of nitrogens with zero attached hydrogens (tertiary/aromatic N) is 4. The van der Waals surface area contributed by atoms with E-state index in [-0.39, 0.29) is 24.1 Å². The number of imidazole rings is 1. The fourth-order valence-electron chi connectivity index (χ4n) is 5.37. The predicted molar refractivity (Wildman–Crippen MR) is 159 cm³/mol. The Morgan fingerprint density at radius 1 is 1.07 bits per heavy atom. The van der Waals surface area contributed by atoms with Crippen molar-refractivity contribution in [3.63, 3.8) is 0 Å². The van der Waals surface area contributed by atoms with Gasteiger partial charge in [-0.2, -0.15) is 0 Å². The normalized spacial score (nSPS) is 13.7. The summed E-state index contributed by atoms with van der Waals surface area (Å²) in [5.74, 6) is 0.594. The van der Waals surface area contributed by atoms with E-state index in [2.05, 4.69) is 39.0 Å². The number of hydrogen-bond acceptors (Lipinski definition) is 7. The molecule has 0 spiro atoms. The smallest absolute Gasteiger partial charge is 0.276 e. The van der Waals surface area contributed by atoms with Crippen LogP contribution in [-0.2, 0) is 19.4 Å². The number of pyridine rings is 1. The van der Waals surface area contributed by atoms with Crippen LogP contribution in [0.2, 0.25) is 0 Å². The van der Waals surface area contributed by atoms with Gasteiger partial charge in [-0.25, -0.2) is 9.97 Å². The van der Waals surface area contributed by atoms with Crippen molar-refractivity contribution in [3.05, 3.63) is 81.6 Å². The largest absolute Gasteiger partial charge is 0.324 e. The Morgan fingerprint density at radius 2 is 1.90 bits per heavy atom. The second-order valence-electron chi connectivity index (χ2n) is 10.4. The van der Waals surface area contributed by atoms with E-state index in [1.165, 1.54) is 17.7 Å². The summed E-state index contributed by atoms with van der Waals surface area (Å²) in [6.07, 6.45) is 5.25. The summed E-state index contributed by atoms with van der Waals surface area (Å²) in [5.41, 5.74) is 3.16. The standard InChI is InChI=1S/C31H32N6O2S/c1-3-19(4-2)17-37-13-12-23-27(18-37)40-28(33-23)15-26(38)22-10-7-11-24-29(22)35-31(34-24)36-30(39)25-14-20-8-5-6-9-21(20)16-32-25/h5-11,14,16,19H,3-4,12-13,15,17-18H2,1-2H3,(H2,34,35,36,39). The molecule has 5 aromatic rings. The molecular weight excluding hydrogens is 520 g/mol. The van der Waals surface area contributed by atoms with Crippen molar-refractivity contribution in [2.24, 2.45) is 5.92 Å². The maximum atomic E-state index is 13.4. The van der Waals surface area contributed by atoms with Crippen LogP contribution in [0.4, 0.5) is 5.95 Å². The van der Waals surface area contributed by atoms with Gasteiger partial charge in [0.25, 0.3) is 5.91 Å². The fraction of sp³-hybridized carbons (Fsp3) is 0.323. The number of rotatable bonds is 9. The van der Waals surface area contributed by atoms with Crippen LogP contribution in [0.5, 0.6) is 0 Å². The highest BCUT2D eigenvalue weighted by atomic mass is 32.1. The Kier molecular flexibility index (Phi) is 7.40.